The molecular weight excluding hydrogens is 212 g/mol. The predicted octanol–water partition coefficient (Wildman–Crippen LogP) is 3.59. The van der Waals surface area contributed by atoms with Crippen LogP contribution in [0.1, 0.15) is 45.4 Å². The summed E-state index contributed by atoms with van der Waals surface area (Å²) >= 11 is 0. The molecule has 92 valence electrons. The Morgan fingerprint density at radius 3 is 2.25 bits per heavy atom. The fourth-order valence-corrected chi connectivity index (χ4v) is 2.89. The second-order valence-corrected chi connectivity index (χ2v) is 11.0. The highest BCUT2D eigenvalue weighted by Gasteiger charge is 2.31. The molecule has 0 heterocycles. The van der Waals surface area contributed by atoms with E-state index in [1.54, 1.807) is 0 Å². The minimum atomic E-state index is -1.34. The van der Waals surface area contributed by atoms with E-state index >= 15 is 0 Å². The molecule has 16 heavy (non-hydrogen) atoms. The maximum absolute atomic E-state index is 10.4. The van der Waals surface area contributed by atoms with Crippen LogP contribution in [-0.4, -0.2) is 18.8 Å². The molecule has 0 unspecified atom stereocenters. The molecule has 1 N–H and O–H groups in total. The van der Waals surface area contributed by atoms with E-state index in [9.17, 15) is 5.11 Å². The van der Waals surface area contributed by atoms with E-state index in [4.69, 9.17) is 0 Å². The highest BCUT2D eigenvalue weighted by molar-refractivity contribution is 6.83. The zero-order valence-electron chi connectivity index (χ0n) is 11.3. The fraction of sp³-hybridized carbons (Fsp3) is 0.857. The van der Waals surface area contributed by atoms with Crippen molar-refractivity contribution >= 4 is 8.07 Å². The average Bonchev–Trinajstić information content (AvgIpc) is 2.19. The summed E-state index contributed by atoms with van der Waals surface area (Å²) in [6.45, 7) is 8.93. The van der Waals surface area contributed by atoms with Gasteiger partial charge in [0.2, 0.25) is 0 Å². The van der Waals surface area contributed by atoms with Gasteiger partial charge in [-0.1, -0.05) is 45.3 Å². The van der Waals surface area contributed by atoms with E-state index in [0.717, 1.165) is 31.6 Å². The molecule has 0 amide bonds. The molecule has 1 nitrogen and oxygen atoms in total. The fourth-order valence-electron chi connectivity index (χ4n) is 2.28. The van der Waals surface area contributed by atoms with Crippen LogP contribution in [0.4, 0.5) is 0 Å². The number of aliphatic hydroxyl groups is 1. The van der Waals surface area contributed by atoms with E-state index in [-0.39, 0.29) is 0 Å². The van der Waals surface area contributed by atoms with Crippen LogP contribution in [0.5, 0.6) is 0 Å². The summed E-state index contributed by atoms with van der Waals surface area (Å²) in [7, 11) is -1.34. The summed E-state index contributed by atoms with van der Waals surface area (Å²) < 4.78 is 0. The van der Waals surface area contributed by atoms with Crippen molar-refractivity contribution < 1.29 is 5.11 Å². The summed E-state index contributed by atoms with van der Waals surface area (Å²) in [5.74, 6) is 4.00. The maximum Gasteiger partial charge on any atom is 0.129 e. The van der Waals surface area contributed by atoms with Crippen LogP contribution in [0.25, 0.3) is 0 Å². The maximum atomic E-state index is 10.4. The van der Waals surface area contributed by atoms with Crippen molar-refractivity contribution in [2.75, 3.05) is 0 Å². The first-order valence-electron chi connectivity index (χ1n) is 6.61. The minimum absolute atomic E-state index is 0.662. The molecule has 0 aromatic heterocycles. The molecule has 1 rings (SSSR count). The van der Waals surface area contributed by atoms with Crippen LogP contribution < -0.4 is 0 Å². The van der Waals surface area contributed by atoms with E-state index < -0.39 is 13.7 Å². The monoisotopic (exact) mass is 238 g/mol. The number of hydrogen-bond donors (Lipinski definition) is 1. The summed E-state index contributed by atoms with van der Waals surface area (Å²) in [4.78, 5) is 0. The lowest BCUT2D eigenvalue weighted by Gasteiger charge is -2.32. The molecule has 0 atom stereocenters. The summed E-state index contributed by atoms with van der Waals surface area (Å²) in [6, 6.07) is 0. The molecule has 2 heteroatoms. The number of hydrogen-bond acceptors (Lipinski definition) is 1. The summed E-state index contributed by atoms with van der Waals surface area (Å²) in [5, 5.41) is 10.4. The Hall–Kier alpha value is -0.263. The standard InChI is InChI=1S/C14H26OSi/c1-5-6-13-7-9-14(15,10-8-13)11-12-16(2,3)4/h13,15H,5-10H2,1-4H3. The summed E-state index contributed by atoms with van der Waals surface area (Å²) in [6.07, 6.45) is 6.67. The third kappa shape index (κ3) is 4.72. The lowest BCUT2D eigenvalue weighted by Crippen LogP contribution is -2.33. The third-order valence-corrected chi connectivity index (χ3v) is 4.17. The smallest absolute Gasteiger partial charge is 0.129 e. The predicted molar refractivity (Wildman–Crippen MR) is 72.9 cm³/mol. The molecule has 1 fully saturated rings. The SMILES string of the molecule is CCCC1CCC(O)(C#C[Si](C)(C)C)CC1. The van der Waals surface area contributed by atoms with Gasteiger partial charge in [0.25, 0.3) is 0 Å². The van der Waals surface area contributed by atoms with Gasteiger partial charge < -0.3 is 5.11 Å². The lowest BCUT2D eigenvalue weighted by molar-refractivity contribution is 0.0428. The molecule has 0 radical (unpaired) electrons. The highest BCUT2D eigenvalue weighted by Crippen LogP contribution is 2.33. The van der Waals surface area contributed by atoms with Crippen LogP contribution in [0.15, 0.2) is 0 Å². The van der Waals surface area contributed by atoms with Crippen molar-refractivity contribution in [1.29, 1.82) is 0 Å². The first kappa shape index (κ1) is 13.8. The Bertz CT molecular complexity index is 271. The van der Waals surface area contributed by atoms with Crippen molar-refractivity contribution in [3.63, 3.8) is 0 Å². The molecule has 0 bridgehead atoms. The van der Waals surface area contributed by atoms with Crippen LogP contribution in [0.2, 0.25) is 19.6 Å². The van der Waals surface area contributed by atoms with Crippen LogP contribution >= 0.6 is 0 Å². The zero-order valence-corrected chi connectivity index (χ0v) is 12.3. The van der Waals surface area contributed by atoms with E-state index in [1.165, 1.54) is 12.8 Å². The number of rotatable bonds is 2. The Morgan fingerprint density at radius 1 is 1.25 bits per heavy atom. The van der Waals surface area contributed by atoms with Gasteiger partial charge in [-0.3, -0.25) is 0 Å². The van der Waals surface area contributed by atoms with Gasteiger partial charge >= 0.3 is 0 Å². The van der Waals surface area contributed by atoms with E-state index in [0.29, 0.717) is 0 Å². The molecule has 1 aliphatic rings. The molecule has 0 aliphatic heterocycles. The largest absolute Gasteiger partial charge is 0.378 e. The van der Waals surface area contributed by atoms with E-state index in [2.05, 4.69) is 38.0 Å². The molecular formula is C14H26OSi. The second kappa shape index (κ2) is 5.38. The van der Waals surface area contributed by atoms with Gasteiger partial charge in [0.05, 0.1) is 0 Å². The van der Waals surface area contributed by atoms with E-state index in [1.807, 2.05) is 0 Å². The van der Waals surface area contributed by atoms with Crippen molar-refractivity contribution in [2.24, 2.45) is 5.92 Å². The topological polar surface area (TPSA) is 20.2 Å². The van der Waals surface area contributed by atoms with Crippen molar-refractivity contribution in [3.8, 4) is 11.5 Å². The minimum Gasteiger partial charge on any atom is -0.378 e. The van der Waals surface area contributed by atoms with Crippen LogP contribution in [-0.2, 0) is 0 Å². The summed E-state index contributed by atoms with van der Waals surface area (Å²) in [5.41, 5.74) is 2.66. The van der Waals surface area contributed by atoms with Crippen molar-refractivity contribution in [2.45, 2.75) is 70.7 Å². The Morgan fingerprint density at radius 2 is 1.81 bits per heavy atom. The van der Waals surface area contributed by atoms with Crippen molar-refractivity contribution in [3.05, 3.63) is 0 Å². The lowest BCUT2D eigenvalue weighted by atomic mass is 9.78. The van der Waals surface area contributed by atoms with Crippen LogP contribution in [0.3, 0.4) is 0 Å². The Labute approximate surface area is 102 Å². The average molecular weight is 238 g/mol. The highest BCUT2D eigenvalue weighted by atomic mass is 28.3. The first-order valence-corrected chi connectivity index (χ1v) is 10.1. The molecule has 0 saturated heterocycles. The zero-order chi connectivity index (χ0) is 12.2. The van der Waals surface area contributed by atoms with Crippen LogP contribution in [0, 0.1) is 17.4 Å². The van der Waals surface area contributed by atoms with Gasteiger partial charge in [0.1, 0.15) is 13.7 Å². The van der Waals surface area contributed by atoms with Gasteiger partial charge in [0.15, 0.2) is 0 Å². The molecule has 1 aliphatic carbocycles. The quantitative estimate of drug-likeness (QED) is 0.576. The second-order valence-electron chi connectivity index (χ2n) is 6.26. The Kier molecular flexibility index (Phi) is 4.64. The van der Waals surface area contributed by atoms with Gasteiger partial charge in [-0.05, 0) is 31.6 Å². The first-order chi connectivity index (χ1) is 7.35. The molecule has 0 spiro atoms. The van der Waals surface area contributed by atoms with Gasteiger partial charge in [-0.25, -0.2) is 0 Å². The van der Waals surface area contributed by atoms with Gasteiger partial charge in [0, 0.05) is 0 Å². The normalized spacial score (nSPS) is 30.7. The molecule has 0 aromatic rings. The molecule has 1 saturated carbocycles. The third-order valence-electron chi connectivity index (χ3n) is 3.30. The molecule has 0 aromatic carbocycles. The van der Waals surface area contributed by atoms with Gasteiger partial charge in [-0.2, -0.15) is 0 Å². The van der Waals surface area contributed by atoms with Crippen molar-refractivity contribution in [1.82, 2.24) is 0 Å². The Balaban J connectivity index is 2.52. The van der Waals surface area contributed by atoms with Gasteiger partial charge in [-0.15, -0.1) is 5.54 Å².